The molecule has 0 unspecified atom stereocenters. The average Bonchev–Trinajstić information content (AvgIpc) is 2.20. The van der Waals surface area contributed by atoms with Crippen LogP contribution in [0.1, 0.15) is 5.69 Å². The van der Waals surface area contributed by atoms with Crippen molar-refractivity contribution in [3.63, 3.8) is 0 Å². The van der Waals surface area contributed by atoms with Crippen LogP contribution in [0, 0.1) is 12.7 Å². The minimum Gasteiger partial charge on any atom is -0.494 e. The van der Waals surface area contributed by atoms with E-state index in [-0.39, 0.29) is 11.3 Å². The van der Waals surface area contributed by atoms with Crippen molar-refractivity contribution >= 4 is 11.0 Å². The summed E-state index contributed by atoms with van der Waals surface area (Å²) in [6.07, 6.45) is 0. The highest BCUT2D eigenvalue weighted by Crippen LogP contribution is 2.21. The number of benzene rings is 1. The van der Waals surface area contributed by atoms with Crippen molar-refractivity contribution in [1.29, 1.82) is 0 Å². The molecule has 0 fully saturated rings. The van der Waals surface area contributed by atoms with Crippen LogP contribution in [-0.2, 0) is 0 Å². The molecule has 2 rings (SSSR count). The molecule has 1 N–H and O–H groups in total. The first kappa shape index (κ1) is 9.64. The van der Waals surface area contributed by atoms with E-state index in [1.54, 1.807) is 6.92 Å². The number of rotatable bonds is 1. The van der Waals surface area contributed by atoms with Crippen molar-refractivity contribution in [2.75, 3.05) is 7.11 Å². The zero-order chi connectivity index (χ0) is 11.0. The highest BCUT2D eigenvalue weighted by molar-refractivity contribution is 5.76. The van der Waals surface area contributed by atoms with Gasteiger partial charge in [-0.25, -0.2) is 9.37 Å². The first-order chi connectivity index (χ1) is 7.11. The van der Waals surface area contributed by atoms with Gasteiger partial charge >= 0.3 is 0 Å². The lowest BCUT2D eigenvalue weighted by atomic mass is 10.2. The number of methoxy groups -OCH3 is 1. The molecule has 1 aromatic heterocycles. The van der Waals surface area contributed by atoms with Gasteiger partial charge in [0.1, 0.15) is 5.69 Å². The normalized spacial score (nSPS) is 10.6. The van der Waals surface area contributed by atoms with Gasteiger partial charge in [-0.3, -0.25) is 4.79 Å². The SMILES string of the molecule is COc1cc2[nH]c(=O)c(C)nc2cc1F. The maximum atomic E-state index is 13.3. The molecule has 78 valence electrons. The van der Waals surface area contributed by atoms with Crippen LogP contribution in [-0.4, -0.2) is 17.1 Å². The van der Waals surface area contributed by atoms with Crippen LogP contribution in [0.15, 0.2) is 16.9 Å². The second-order valence-electron chi connectivity index (χ2n) is 3.16. The van der Waals surface area contributed by atoms with Crippen molar-refractivity contribution in [2.45, 2.75) is 6.92 Å². The maximum absolute atomic E-state index is 13.3. The quantitative estimate of drug-likeness (QED) is 0.770. The molecule has 0 aliphatic heterocycles. The van der Waals surface area contributed by atoms with E-state index in [1.807, 2.05) is 0 Å². The third-order valence-corrected chi connectivity index (χ3v) is 2.14. The number of H-pyrrole nitrogens is 1. The van der Waals surface area contributed by atoms with Gasteiger partial charge < -0.3 is 9.72 Å². The average molecular weight is 208 g/mol. The predicted octanol–water partition coefficient (Wildman–Crippen LogP) is 1.38. The predicted molar refractivity (Wildman–Crippen MR) is 53.6 cm³/mol. The van der Waals surface area contributed by atoms with Crippen LogP contribution in [0.25, 0.3) is 11.0 Å². The first-order valence-corrected chi connectivity index (χ1v) is 4.36. The Morgan fingerprint density at radius 3 is 2.87 bits per heavy atom. The Morgan fingerprint density at radius 1 is 1.47 bits per heavy atom. The number of aryl methyl sites for hydroxylation is 1. The van der Waals surface area contributed by atoms with E-state index in [2.05, 4.69) is 9.97 Å². The summed E-state index contributed by atoms with van der Waals surface area (Å²) in [6, 6.07) is 2.65. The summed E-state index contributed by atoms with van der Waals surface area (Å²) in [6.45, 7) is 1.57. The standard InChI is InChI=1S/C10H9FN2O2/c1-5-10(14)13-8-4-9(15-2)6(11)3-7(8)12-5/h3-4H,1-2H3,(H,13,14). The van der Waals surface area contributed by atoms with Crippen molar-refractivity contribution in [3.8, 4) is 5.75 Å². The molecular formula is C10H9FN2O2. The van der Waals surface area contributed by atoms with Gasteiger partial charge in [-0.2, -0.15) is 0 Å². The third kappa shape index (κ3) is 1.56. The molecule has 5 heteroatoms. The topological polar surface area (TPSA) is 55.0 Å². The molecular weight excluding hydrogens is 199 g/mol. The van der Waals surface area contributed by atoms with Gasteiger partial charge in [-0.05, 0) is 6.92 Å². The number of hydrogen-bond donors (Lipinski definition) is 1. The van der Waals surface area contributed by atoms with E-state index in [0.29, 0.717) is 16.7 Å². The minimum absolute atomic E-state index is 0.0869. The largest absolute Gasteiger partial charge is 0.494 e. The second kappa shape index (κ2) is 3.34. The lowest BCUT2D eigenvalue weighted by Crippen LogP contribution is -2.11. The van der Waals surface area contributed by atoms with Crippen LogP contribution in [0.5, 0.6) is 5.75 Å². The zero-order valence-corrected chi connectivity index (χ0v) is 8.30. The van der Waals surface area contributed by atoms with E-state index < -0.39 is 5.82 Å². The first-order valence-electron chi connectivity index (χ1n) is 4.36. The maximum Gasteiger partial charge on any atom is 0.269 e. The number of aromatic nitrogens is 2. The van der Waals surface area contributed by atoms with Gasteiger partial charge in [0.05, 0.1) is 18.1 Å². The van der Waals surface area contributed by atoms with E-state index in [0.717, 1.165) is 0 Å². The molecule has 0 amide bonds. The Labute approximate surface area is 84.7 Å². The van der Waals surface area contributed by atoms with Gasteiger partial charge in [0, 0.05) is 12.1 Å². The lowest BCUT2D eigenvalue weighted by molar-refractivity contribution is 0.387. The molecule has 0 bridgehead atoms. The summed E-state index contributed by atoms with van der Waals surface area (Å²) in [5.41, 5.74) is 0.900. The molecule has 0 saturated heterocycles. The van der Waals surface area contributed by atoms with Gasteiger partial charge in [0.2, 0.25) is 0 Å². The third-order valence-electron chi connectivity index (χ3n) is 2.14. The molecule has 0 spiro atoms. The summed E-state index contributed by atoms with van der Waals surface area (Å²) < 4.78 is 18.1. The summed E-state index contributed by atoms with van der Waals surface area (Å²) in [5.74, 6) is -0.409. The van der Waals surface area contributed by atoms with E-state index in [9.17, 15) is 9.18 Å². The molecule has 0 aliphatic carbocycles. The van der Waals surface area contributed by atoms with E-state index in [1.165, 1.54) is 19.2 Å². The lowest BCUT2D eigenvalue weighted by Gasteiger charge is -2.03. The molecule has 1 heterocycles. The summed E-state index contributed by atoms with van der Waals surface area (Å²) >= 11 is 0. The fourth-order valence-electron chi connectivity index (χ4n) is 1.34. The highest BCUT2D eigenvalue weighted by Gasteiger charge is 2.07. The Kier molecular flexibility index (Phi) is 2.15. The molecule has 2 aromatic rings. The number of ether oxygens (including phenoxy) is 1. The summed E-state index contributed by atoms with van der Waals surface area (Å²) in [4.78, 5) is 17.8. The van der Waals surface area contributed by atoms with Gasteiger partial charge in [0.15, 0.2) is 11.6 Å². The van der Waals surface area contributed by atoms with Crippen LogP contribution >= 0.6 is 0 Å². The molecule has 0 radical (unpaired) electrons. The van der Waals surface area contributed by atoms with Crippen LogP contribution in [0.3, 0.4) is 0 Å². The van der Waals surface area contributed by atoms with E-state index in [4.69, 9.17) is 4.74 Å². The Morgan fingerprint density at radius 2 is 2.20 bits per heavy atom. The Balaban J connectivity index is 2.82. The molecule has 4 nitrogen and oxygen atoms in total. The highest BCUT2D eigenvalue weighted by atomic mass is 19.1. The summed E-state index contributed by atoms with van der Waals surface area (Å²) in [5, 5.41) is 0. The number of hydrogen-bond acceptors (Lipinski definition) is 3. The molecule has 0 aliphatic rings. The zero-order valence-electron chi connectivity index (χ0n) is 8.30. The summed E-state index contributed by atoms with van der Waals surface area (Å²) in [7, 11) is 1.37. The number of aromatic amines is 1. The van der Waals surface area contributed by atoms with E-state index >= 15 is 0 Å². The van der Waals surface area contributed by atoms with Crippen molar-refractivity contribution in [3.05, 3.63) is 34.0 Å². The van der Waals surface area contributed by atoms with Crippen molar-refractivity contribution in [2.24, 2.45) is 0 Å². The number of nitrogens with one attached hydrogen (secondary N) is 1. The molecule has 1 aromatic carbocycles. The molecule has 0 saturated carbocycles. The minimum atomic E-state index is -0.496. The van der Waals surface area contributed by atoms with Gasteiger partial charge in [0.25, 0.3) is 5.56 Å². The molecule has 0 atom stereocenters. The van der Waals surface area contributed by atoms with Gasteiger partial charge in [-0.1, -0.05) is 0 Å². The Bertz CT molecular complexity index is 577. The van der Waals surface area contributed by atoms with Crippen molar-refractivity contribution in [1.82, 2.24) is 9.97 Å². The fraction of sp³-hybridized carbons (Fsp3) is 0.200. The van der Waals surface area contributed by atoms with Gasteiger partial charge in [-0.15, -0.1) is 0 Å². The van der Waals surface area contributed by atoms with Crippen molar-refractivity contribution < 1.29 is 9.13 Å². The Hall–Kier alpha value is -1.91. The van der Waals surface area contributed by atoms with Crippen LogP contribution in [0.4, 0.5) is 4.39 Å². The monoisotopic (exact) mass is 208 g/mol. The van der Waals surface area contributed by atoms with Crippen LogP contribution < -0.4 is 10.3 Å². The molecule has 15 heavy (non-hydrogen) atoms. The number of nitrogens with zero attached hydrogens (tertiary/aromatic N) is 1. The number of fused-ring (bicyclic) bond motifs is 1. The number of halogens is 1. The fourth-order valence-corrected chi connectivity index (χ4v) is 1.34. The van der Waals surface area contributed by atoms with Crippen LogP contribution in [0.2, 0.25) is 0 Å². The smallest absolute Gasteiger partial charge is 0.269 e. The second-order valence-corrected chi connectivity index (χ2v) is 3.16.